The fourth-order valence-electron chi connectivity index (χ4n) is 5.61. The van der Waals surface area contributed by atoms with Crippen molar-refractivity contribution in [3.05, 3.63) is 70.3 Å². The van der Waals surface area contributed by atoms with Gasteiger partial charge in [0.1, 0.15) is 11.3 Å². The van der Waals surface area contributed by atoms with Crippen LogP contribution in [0.3, 0.4) is 0 Å². The molecule has 0 radical (unpaired) electrons. The van der Waals surface area contributed by atoms with Crippen molar-refractivity contribution in [3.63, 3.8) is 0 Å². The van der Waals surface area contributed by atoms with Crippen molar-refractivity contribution >= 4 is 11.6 Å². The Morgan fingerprint density at radius 3 is 2.54 bits per heavy atom. The predicted octanol–water partition coefficient (Wildman–Crippen LogP) is 4.31. The fourth-order valence-corrected chi connectivity index (χ4v) is 5.61. The van der Waals surface area contributed by atoms with E-state index in [1.165, 1.54) is 41.8 Å². The molecule has 8 nitrogen and oxygen atoms in total. The largest absolute Gasteiger partial charge is 0.335 e. The predicted molar refractivity (Wildman–Crippen MR) is 138 cm³/mol. The second-order valence-corrected chi connectivity index (χ2v) is 10.2. The summed E-state index contributed by atoms with van der Waals surface area (Å²) < 4.78 is 14.5. The Bertz CT molecular complexity index is 1490. The van der Waals surface area contributed by atoms with E-state index in [1.807, 2.05) is 19.1 Å². The number of nitrogens with one attached hydrogen (secondary N) is 1. The average molecular weight is 501 g/mol. The van der Waals surface area contributed by atoms with E-state index in [1.54, 1.807) is 23.4 Å². The summed E-state index contributed by atoms with van der Waals surface area (Å²) in [5.74, 6) is 0.510. The number of aromatic amines is 1. The zero-order valence-electron chi connectivity index (χ0n) is 20.7. The molecule has 1 aliphatic heterocycles. The van der Waals surface area contributed by atoms with Gasteiger partial charge in [-0.05, 0) is 30.9 Å². The maximum absolute atomic E-state index is 13.7. The van der Waals surface area contributed by atoms with Crippen LogP contribution in [0.5, 0.6) is 0 Å². The summed E-state index contributed by atoms with van der Waals surface area (Å²) in [6.07, 6.45) is 9.42. The molecule has 2 aliphatic rings. The third-order valence-electron chi connectivity index (χ3n) is 7.93. The summed E-state index contributed by atoms with van der Waals surface area (Å²) >= 11 is 0. The van der Waals surface area contributed by atoms with Gasteiger partial charge in [-0.1, -0.05) is 49.9 Å². The first-order valence-electron chi connectivity index (χ1n) is 12.9. The number of carbonyl (C=O) groups excluding carboxylic acids is 1. The maximum atomic E-state index is 13.7. The van der Waals surface area contributed by atoms with Gasteiger partial charge in [-0.25, -0.2) is 19.5 Å². The highest BCUT2D eigenvalue weighted by Crippen LogP contribution is 2.32. The van der Waals surface area contributed by atoms with Crippen LogP contribution in [0.1, 0.15) is 48.5 Å². The first-order valence-corrected chi connectivity index (χ1v) is 12.9. The number of halogens is 1. The number of nitrogens with zero attached hydrogens (tertiary/aromatic N) is 5. The number of fused-ring (bicyclic) bond motifs is 1. The molecule has 6 rings (SSSR count). The number of hydrogen-bond donors (Lipinski definition) is 1. The molecule has 2 atom stereocenters. The smallest absolute Gasteiger partial charge is 0.273 e. The molecule has 0 bridgehead atoms. The van der Waals surface area contributed by atoms with Crippen molar-refractivity contribution in [1.82, 2.24) is 29.5 Å². The number of H-pyrrole nitrogens is 1. The molecule has 4 heterocycles. The number of rotatable bonds is 6. The lowest BCUT2D eigenvalue weighted by Crippen LogP contribution is -2.58. The van der Waals surface area contributed by atoms with Crippen molar-refractivity contribution in [2.45, 2.75) is 45.1 Å². The monoisotopic (exact) mass is 500 g/mol. The van der Waals surface area contributed by atoms with E-state index in [0.717, 1.165) is 17.9 Å². The second kappa shape index (κ2) is 9.53. The molecule has 1 saturated carbocycles. The number of likely N-dealkylation sites (tertiary alicyclic amines) is 1. The third kappa shape index (κ3) is 4.22. The van der Waals surface area contributed by atoms with Gasteiger partial charge in [-0.2, -0.15) is 0 Å². The summed E-state index contributed by atoms with van der Waals surface area (Å²) in [5, 5.41) is 3.00. The Labute approximate surface area is 213 Å². The molecule has 2 fully saturated rings. The minimum atomic E-state index is -0.480. The van der Waals surface area contributed by atoms with Crippen LogP contribution in [0.25, 0.3) is 28.4 Å². The van der Waals surface area contributed by atoms with Crippen LogP contribution in [0.15, 0.2) is 53.6 Å². The number of alkyl halides is 1. The lowest BCUT2D eigenvalue weighted by molar-refractivity contribution is 0.0142. The maximum Gasteiger partial charge on any atom is 0.273 e. The van der Waals surface area contributed by atoms with Crippen LogP contribution < -0.4 is 5.56 Å². The van der Waals surface area contributed by atoms with E-state index < -0.39 is 6.67 Å². The van der Waals surface area contributed by atoms with Gasteiger partial charge in [0, 0.05) is 42.5 Å². The Hall–Kier alpha value is -3.88. The topological polar surface area (TPSA) is 96.3 Å². The van der Waals surface area contributed by atoms with Gasteiger partial charge in [0.15, 0.2) is 11.5 Å². The van der Waals surface area contributed by atoms with Crippen LogP contribution in [-0.4, -0.2) is 54.6 Å². The highest BCUT2D eigenvalue weighted by atomic mass is 19.1. The van der Waals surface area contributed by atoms with E-state index in [4.69, 9.17) is 4.98 Å². The molecule has 1 aliphatic carbocycles. The lowest BCUT2D eigenvalue weighted by atomic mass is 9.90. The van der Waals surface area contributed by atoms with Crippen LogP contribution in [-0.2, 0) is 6.42 Å². The van der Waals surface area contributed by atoms with Gasteiger partial charge in [0.05, 0.1) is 12.4 Å². The minimum absolute atomic E-state index is 0.195. The van der Waals surface area contributed by atoms with Gasteiger partial charge in [-0.15, -0.1) is 0 Å². The van der Waals surface area contributed by atoms with Crippen molar-refractivity contribution in [2.75, 3.05) is 13.2 Å². The van der Waals surface area contributed by atoms with Gasteiger partial charge >= 0.3 is 0 Å². The summed E-state index contributed by atoms with van der Waals surface area (Å²) in [6, 6.07) is 11.1. The number of hydrogen-bond acceptors (Lipinski definition) is 5. The van der Waals surface area contributed by atoms with Crippen molar-refractivity contribution in [1.29, 1.82) is 0 Å². The average Bonchev–Trinajstić information content (AvgIpc) is 3.57. The zero-order valence-corrected chi connectivity index (χ0v) is 20.7. The van der Waals surface area contributed by atoms with E-state index >= 15 is 0 Å². The molecular formula is C28H29FN6O2. The fraction of sp³-hybridized carbons (Fsp3) is 0.393. The number of benzene rings is 1. The normalized spacial score (nSPS) is 19.9. The Morgan fingerprint density at radius 1 is 1.14 bits per heavy atom. The molecular weight excluding hydrogens is 471 g/mol. The van der Waals surface area contributed by atoms with Crippen LogP contribution in [0.4, 0.5) is 4.39 Å². The molecule has 1 amide bonds. The van der Waals surface area contributed by atoms with Gasteiger partial charge in [0.2, 0.25) is 0 Å². The van der Waals surface area contributed by atoms with E-state index in [-0.39, 0.29) is 40.5 Å². The summed E-state index contributed by atoms with van der Waals surface area (Å²) in [5.41, 5.74) is 2.97. The van der Waals surface area contributed by atoms with Gasteiger partial charge in [-0.3, -0.25) is 19.1 Å². The number of aromatic nitrogens is 5. The molecule has 2 unspecified atom stereocenters. The van der Waals surface area contributed by atoms with Crippen molar-refractivity contribution in [2.24, 2.45) is 11.8 Å². The Kier molecular flexibility index (Phi) is 6.06. The molecule has 9 heteroatoms. The number of carbonyl (C=O) groups is 1. The minimum Gasteiger partial charge on any atom is -0.335 e. The molecule has 0 spiro atoms. The van der Waals surface area contributed by atoms with Gasteiger partial charge < -0.3 is 4.90 Å². The van der Waals surface area contributed by atoms with E-state index in [2.05, 4.69) is 27.2 Å². The molecule has 190 valence electrons. The summed E-state index contributed by atoms with van der Waals surface area (Å²) in [6.45, 7) is 1.67. The lowest BCUT2D eigenvalue weighted by Gasteiger charge is -2.45. The molecule has 3 aromatic heterocycles. The Balaban J connectivity index is 1.42. The first-order chi connectivity index (χ1) is 18.0. The Morgan fingerprint density at radius 2 is 1.86 bits per heavy atom. The third-order valence-corrected chi connectivity index (χ3v) is 7.93. The van der Waals surface area contributed by atoms with Crippen molar-refractivity contribution in [3.8, 4) is 22.8 Å². The zero-order chi connectivity index (χ0) is 25.5. The van der Waals surface area contributed by atoms with Crippen molar-refractivity contribution < 1.29 is 9.18 Å². The highest BCUT2D eigenvalue weighted by Gasteiger charge is 2.41. The standard InChI is InChI=1S/C28H29FN6O2/c1-17-21(15-29)16-34(17)28(37)24-25(26-30-11-4-12-31-26)33-35-23(36)14-22(32-27(24)35)20-9-7-19(8-10-20)13-18-5-2-3-6-18/h4,7-12,14,17-18,21,33H,2-3,5-6,13,15-16H2,1H3. The van der Waals surface area contributed by atoms with Gasteiger partial charge in [0.25, 0.3) is 11.5 Å². The quantitative estimate of drug-likeness (QED) is 0.426. The van der Waals surface area contributed by atoms with E-state index in [0.29, 0.717) is 17.9 Å². The van der Waals surface area contributed by atoms with Crippen LogP contribution in [0, 0.1) is 11.8 Å². The second-order valence-electron chi connectivity index (χ2n) is 10.2. The first kappa shape index (κ1) is 23.5. The molecule has 1 aromatic carbocycles. The molecule has 37 heavy (non-hydrogen) atoms. The molecule has 1 N–H and O–H groups in total. The molecule has 4 aromatic rings. The highest BCUT2D eigenvalue weighted by molar-refractivity contribution is 6.05. The summed E-state index contributed by atoms with van der Waals surface area (Å²) in [4.78, 5) is 41.8. The SMILES string of the molecule is CC1C(CF)CN1C(=O)c1c(-c2ncccn2)[nH]n2c(=O)cc(-c3ccc(CC4CCCC4)cc3)nc12. The van der Waals surface area contributed by atoms with Crippen LogP contribution in [0.2, 0.25) is 0 Å². The number of amides is 1. The summed E-state index contributed by atoms with van der Waals surface area (Å²) in [7, 11) is 0. The molecule has 1 saturated heterocycles. The van der Waals surface area contributed by atoms with Crippen LogP contribution >= 0.6 is 0 Å². The van der Waals surface area contributed by atoms with E-state index in [9.17, 15) is 14.0 Å².